The van der Waals surface area contributed by atoms with Crippen molar-refractivity contribution in [2.45, 2.75) is 19.4 Å². The second kappa shape index (κ2) is 4.78. The molecule has 1 atom stereocenters. The van der Waals surface area contributed by atoms with E-state index in [2.05, 4.69) is 22.0 Å². The Labute approximate surface area is 103 Å². The molecular weight excluding hydrogens is 270 g/mol. The molecule has 0 spiro atoms. The fourth-order valence-corrected chi connectivity index (χ4v) is 2.31. The highest BCUT2D eigenvalue weighted by atomic mass is 79.9. The van der Waals surface area contributed by atoms with Gasteiger partial charge in [-0.1, -0.05) is 34.1 Å². The Bertz CT molecular complexity index is 442. The number of hydrogen-bond donors (Lipinski definition) is 0. The molecule has 16 heavy (non-hydrogen) atoms. The van der Waals surface area contributed by atoms with E-state index in [1.807, 2.05) is 25.1 Å². The van der Waals surface area contributed by atoms with E-state index < -0.39 is 0 Å². The standard InChI is InChI=1S/C12H13BrNO2/c1-2-14-10(8-16-12(14)15)7-9-5-3-4-6-11(9)13/h2-6,10H,7-8H2,1H3/q+1/b14-2-/t10-/m1/s1. The van der Waals surface area contributed by atoms with Crippen molar-refractivity contribution < 1.29 is 14.1 Å². The first kappa shape index (κ1) is 11.3. The summed E-state index contributed by atoms with van der Waals surface area (Å²) in [6.45, 7) is 2.31. The molecule has 1 aliphatic heterocycles. The molecule has 2 rings (SSSR count). The number of nitrogens with zero attached hydrogens (tertiary/aromatic N) is 1. The van der Waals surface area contributed by atoms with Crippen LogP contribution in [0.1, 0.15) is 12.5 Å². The van der Waals surface area contributed by atoms with Gasteiger partial charge in [0.05, 0.1) is 0 Å². The van der Waals surface area contributed by atoms with Crippen LogP contribution in [0, 0.1) is 0 Å². The highest BCUT2D eigenvalue weighted by Crippen LogP contribution is 2.20. The average molecular weight is 283 g/mol. The van der Waals surface area contributed by atoms with Crippen molar-refractivity contribution in [2.75, 3.05) is 6.61 Å². The lowest BCUT2D eigenvalue weighted by Crippen LogP contribution is -2.26. The van der Waals surface area contributed by atoms with Crippen molar-refractivity contribution in [3.05, 3.63) is 34.3 Å². The van der Waals surface area contributed by atoms with E-state index in [1.54, 1.807) is 10.8 Å². The zero-order valence-electron chi connectivity index (χ0n) is 9.02. The molecule has 0 radical (unpaired) electrons. The molecule has 0 bridgehead atoms. The van der Waals surface area contributed by atoms with E-state index in [0.29, 0.717) is 6.61 Å². The number of carbonyl (C=O) groups excluding carboxylic acids is 1. The number of benzene rings is 1. The fourth-order valence-electron chi connectivity index (χ4n) is 1.86. The molecule has 1 aliphatic rings. The first-order valence-electron chi connectivity index (χ1n) is 5.20. The number of hydrogen-bond acceptors (Lipinski definition) is 2. The predicted molar refractivity (Wildman–Crippen MR) is 65.0 cm³/mol. The van der Waals surface area contributed by atoms with Crippen molar-refractivity contribution in [2.24, 2.45) is 0 Å². The minimum absolute atomic E-state index is 0.108. The molecule has 0 aliphatic carbocycles. The SMILES string of the molecule is C/C=[N+]1\C(=O)OC[C@H]1Cc1ccccc1Br. The number of halogens is 1. The maximum Gasteiger partial charge on any atom is 0.596 e. The van der Waals surface area contributed by atoms with Gasteiger partial charge in [0.1, 0.15) is 6.21 Å². The molecule has 1 aromatic carbocycles. The second-order valence-corrected chi connectivity index (χ2v) is 4.55. The fraction of sp³-hybridized carbons (Fsp3) is 0.333. The normalized spacial score (nSPS) is 22.5. The summed E-state index contributed by atoms with van der Waals surface area (Å²) in [5.74, 6) is 0. The van der Waals surface area contributed by atoms with Crippen molar-refractivity contribution >= 4 is 28.2 Å². The van der Waals surface area contributed by atoms with Crippen molar-refractivity contribution in [1.29, 1.82) is 0 Å². The van der Waals surface area contributed by atoms with E-state index in [0.717, 1.165) is 10.9 Å². The van der Waals surface area contributed by atoms with Gasteiger partial charge in [0.25, 0.3) is 0 Å². The minimum atomic E-state index is -0.250. The molecular formula is C12H13BrNO2+. The molecule has 0 aromatic heterocycles. The Balaban J connectivity index is 2.17. The quantitative estimate of drug-likeness (QED) is 0.781. The Morgan fingerprint density at radius 3 is 3.00 bits per heavy atom. The summed E-state index contributed by atoms with van der Waals surface area (Å²) in [7, 11) is 0. The maximum absolute atomic E-state index is 11.4. The summed E-state index contributed by atoms with van der Waals surface area (Å²) >= 11 is 3.51. The Morgan fingerprint density at radius 1 is 1.56 bits per heavy atom. The second-order valence-electron chi connectivity index (χ2n) is 3.69. The van der Waals surface area contributed by atoms with Gasteiger partial charge in [-0.15, -0.1) is 4.58 Å². The summed E-state index contributed by atoms with van der Waals surface area (Å²) in [5.41, 5.74) is 1.19. The lowest BCUT2D eigenvalue weighted by atomic mass is 10.1. The van der Waals surface area contributed by atoms with Crippen molar-refractivity contribution in [3.8, 4) is 0 Å². The molecule has 1 amide bonds. The molecule has 3 nitrogen and oxygen atoms in total. The molecule has 1 fully saturated rings. The van der Waals surface area contributed by atoms with Crippen molar-refractivity contribution in [3.63, 3.8) is 0 Å². The zero-order valence-corrected chi connectivity index (χ0v) is 10.6. The van der Waals surface area contributed by atoms with Crippen LogP contribution in [0.2, 0.25) is 0 Å². The van der Waals surface area contributed by atoms with E-state index in [1.165, 1.54) is 5.56 Å². The van der Waals surface area contributed by atoms with Crippen LogP contribution < -0.4 is 0 Å². The third-order valence-electron chi connectivity index (χ3n) is 2.69. The number of rotatable bonds is 2. The Morgan fingerprint density at radius 2 is 2.31 bits per heavy atom. The topological polar surface area (TPSA) is 29.3 Å². The predicted octanol–water partition coefficient (Wildman–Crippen LogP) is 2.61. The summed E-state index contributed by atoms with van der Waals surface area (Å²) in [6, 6.07) is 8.15. The van der Waals surface area contributed by atoms with Gasteiger partial charge in [-0.05, 0) is 11.6 Å². The monoisotopic (exact) mass is 282 g/mol. The van der Waals surface area contributed by atoms with Crippen LogP contribution in [-0.4, -0.2) is 29.5 Å². The smallest absolute Gasteiger partial charge is 0.405 e. The van der Waals surface area contributed by atoms with Gasteiger partial charge in [0, 0.05) is 17.8 Å². The molecule has 0 unspecified atom stereocenters. The Kier molecular flexibility index (Phi) is 3.39. The van der Waals surface area contributed by atoms with Gasteiger partial charge in [0.2, 0.25) is 6.04 Å². The molecule has 0 N–H and O–H groups in total. The number of carbonyl (C=O) groups is 1. The van der Waals surface area contributed by atoms with Gasteiger partial charge < -0.3 is 4.74 Å². The molecule has 1 saturated heterocycles. The average Bonchev–Trinajstić information content (AvgIpc) is 2.63. The first-order valence-corrected chi connectivity index (χ1v) is 5.99. The minimum Gasteiger partial charge on any atom is -0.405 e. The maximum atomic E-state index is 11.4. The van der Waals surface area contributed by atoms with Crippen LogP contribution in [0.3, 0.4) is 0 Å². The van der Waals surface area contributed by atoms with E-state index in [4.69, 9.17) is 4.74 Å². The van der Waals surface area contributed by atoms with Crippen LogP contribution >= 0.6 is 15.9 Å². The van der Waals surface area contributed by atoms with Crippen LogP contribution in [0.25, 0.3) is 0 Å². The highest BCUT2D eigenvalue weighted by Gasteiger charge is 2.38. The molecule has 4 heteroatoms. The zero-order chi connectivity index (χ0) is 11.5. The molecule has 84 valence electrons. The lowest BCUT2D eigenvalue weighted by molar-refractivity contribution is -0.450. The number of cyclic esters (lactones) is 1. The van der Waals surface area contributed by atoms with E-state index >= 15 is 0 Å². The van der Waals surface area contributed by atoms with Gasteiger partial charge in [-0.3, -0.25) is 0 Å². The van der Waals surface area contributed by atoms with Crippen LogP contribution in [-0.2, 0) is 11.2 Å². The first-order chi connectivity index (χ1) is 7.72. The van der Waals surface area contributed by atoms with E-state index in [-0.39, 0.29) is 12.1 Å². The molecule has 1 heterocycles. The summed E-state index contributed by atoms with van der Waals surface area (Å²) < 4.78 is 7.75. The summed E-state index contributed by atoms with van der Waals surface area (Å²) in [6.07, 6.45) is 2.33. The largest absolute Gasteiger partial charge is 0.596 e. The third-order valence-corrected chi connectivity index (χ3v) is 3.47. The van der Waals surface area contributed by atoms with Gasteiger partial charge in [-0.25, -0.2) is 0 Å². The lowest BCUT2D eigenvalue weighted by Gasteiger charge is -2.05. The van der Waals surface area contributed by atoms with Crippen molar-refractivity contribution in [1.82, 2.24) is 0 Å². The number of amides is 1. The molecule has 1 aromatic rings. The van der Waals surface area contributed by atoms with Gasteiger partial charge >= 0.3 is 6.09 Å². The molecule has 0 saturated carbocycles. The van der Waals surface area contributed by atoms with Gasteiger partial charge in [-0.2, -0.15) is 4.79 Å². The summed E-state index contributed by atoms with van der Waals surface area (Å²) in [4.78, 5) is 11.4. The van der Waals surface area contributed by atoms with Crippen LogP contribution in [0.4, 0.5) is 4.79 Å². The van der Waals surface area contributed by atoms with Crippen LogP contribution in [0.15, 0.2) is 28.7 Å². The van der Waals surface area contributed by atoms with Gasteiger partial charge in [0.15, 0.2) is 6.61 Å². The number of ether oxygens (including phenoxy) is 1. The highest BCUT2D eigenvalue weighted by molar-refractivity contribution is 9.10. The Hall–Kier alpha value is -1.16. The van der Waals surface area contributed by atoms with Crippen LogP contribution in [0.5, 0.6) is 0 Å². The third kappa shape index (κ3) is 2.16. The summed E-state index contributed by atoms with van der Waals surface area (Å²) in [5, 5.41) is 0. The van der Waals surface area contributed by atoms with E-state index in [9.17, 15) is 4.79 Å².